The lowest BCUT2D eigenvalue weighted by Crippen LogP contribution is -2.32. The van der Waals surface area contributed by atoms with Crippen LogP contribution in [0.2, 0.25) is 0 Å². The predicted octanol–water partition coefficient (Wildman–Crippen LogP) is 3.45. The largest absolute Gasteiger partial charge is 0.493 e. The van der Waals surface area contributed by atoms with Crippen LogP contribution in [0.3, 0.4) is 0 Å². The van der Waals surface area contributed by atoms with Gasteiger partial charge in [0.1, 0.15) is 6.04 Å². The normalized spacial score (nSPS) is 11.5. The van der Waals surface area contributed by atoms with Crippen LogP contribution >= 0.6 is 0 Å². The maximum absolute atomic E-state index is 12.3. The summed E-state index contributed by atoms with van der Waals surface area (Å²) in [5.74, 6) is 1.16. The molecule has 1 amide bonds. The van der Waals surface area contributed by atoms with Gasteiger partial charge in [0.15, 0.2) is 11.5 Å². The maximum atomic E-state index is 12.3. The smallest absolute Gasteiger partial charge is 0.246 e. The predicted molar refractivity (Wildman–Crippen MR) is 92.4 cm³/mol. The van der Waals surface area contributed by atoms with Gasteiger partial charge in [-0.2, -0.15) is 0 Å². The van der Waals surface area contributed by atoms with Crippen LogP contribution in [0.15, 0.2) is 42.5 Å². The molecule has 0 radical (unpaired) electrons. The zero-order valence-corrected chi connectivity index (χ0v) is 13.8. The second kappa shape index (κ2) is 7.54. The van der Waals surface area contributed by atoms with Gasteiger partial charge in [0.05, 0.1) is 14.2 Å². The molecule has 2 aromatic carbocycles. The van der Waals surface area contributed by atoms with E-state index in [9.17, 15) is 4.79 Å². The fourth-order valence-electron chi connectivity index (χ4n) is 2.20. The number of anilines is 2. The number of rotatable bonds is 6. The van der Waals surface area contributed by atoms with Crippen molar-refractivity contribution in [2.24, 2.45) is 0 Å². The van der Waals surface area contributed by atoms with Crippen LogP contribution in [0.25, 0.3) is 0 Å². The van der Waals surface area contributed by atoms with Gasteiger partial charge in [-0.3, -0.25) is 4.79 Å². The number of benzene rings is 2. The number of hydrogen-bond donors (Lipinski definition) is 2. The van der Waals surface area contributed by atoms with Crippen LogP contribution in [0, 0.1) is 6.92 Å². The molecule has 0 bridgehead atoms. The Bertz CT molecular complexity index is 686. The SMILES string of the molecule is COc1ccc(NC(C)C(=O)Nc2ccccc2C)cc1OC. The molecule has 1 unspecified atom stereocenters. The lowest BCUT2D eigenvalue weighted by Gasteiger charge is -2.17. The van der Waals surface area contributed by atoms with Gasteiger partial charge < -0.3 is 20.1 Å². The molecule has 0 saturated carbocycles. The van der Waals surface area contributed by atoms with Crippen LogP contribution < -0.4 is 20.1 Å². The number of nitrogens with one attached hydrogen (secondary N) is 2. The van der Waals surface area contributed by atoms with Gasteiger partial charge in [-0.05, 0) is 37.6 Å². The average Bonchev–Trinajstić information content (AvgIpc) is 2.56. The standard InChI is InChI=1S/C18H22N2O3/c1-12-7-5-6-8-15(12)20-18(21)13(2)19-14-9-10-16(22-3)17(11-14)23-4/h5-11,13,19H,1-4H3,(H,20,21). The second-order valence-corrected chi connectivity index (χ2v) is 5.24. The number of amides is 1. The Kier molecular flexibility index (Phi) is 5.46. The third-order valence-corrected chi connectivity index (χ3v) is 3.56. The molecule has 2 aromatic rings. The van der Waals surface area contributed by atoms with Crippen molar-refractivity contribution in [3.63, 3.8) is 0 Å². The topological polar surface area (TPSA) is 59.6 Å². The van der Waals surface area contributed by atoms with E-state index in [0.717, 1.165) is 16.9 Å². The van der Waals surface area contributed by atoms with E-state index in [4.69, 9.17) is 9.47 Å². The maximum Gasteiger partial charge on any atom is 0.246 e. The quantitative estimate of drug-likeness (QED) is 0.857. The molecule has 2 rings (SSSR count). The van der Waals surface area contributed by atoms with E-state index in [2.05, 4.69) is 10.6 Å². The molecule has 1 atom stereocenters. The number of carbonyl (C=O) groups is 1. The van der Waals surface area contributed by atoms with E-state index >= 15 is 0 Å². The van der Waals surface area contributed by atoms with E-state index in [1.165, 1.54) is 0 Å². The highest BCUT2D eigenvalue weighted by atomic mass is 16.5. The Hall–Kier alpha value is -2.69. The zero-order valence-electron chi connectivity index (χ0n) is 13.8. The zero-order chi connectivity index (χ0) is 16.8. The highest BCUT2D eigenvalue weighted by molar-refractivity contribution is 5.96. The first-order valence-corrected chi connectivity index (χ1v) is 7.40. The second-order valence-electron chi connectivity index (χ2n) is 5.24. The summed E-state index contributed by atoms with van der Waals surface area (Å²) < 4.78 is 10.5. The summed E-state index contributed by atoms with van der Waals surface area (Å²) in [5.41, 5.74) is 2.63. The first-order chi connectivity index (χ1) is 11.0. The van der Waals surface area contributed by atoms with Crippen molar-refractivity contribution >= 4 is 17.3 Å². The number of methoxy groups -OCH3 is 2. The third kappa shape index (κ3) is 4.16. The number of aryl methyl sites for hydroxylation is 1. The summed E-state index contributed by atoms with van der Waals surface area (Å²) in [6, 6.07) is 12.7. The molecule has 23 heavy (non-hydrogen) atoms. The van der Waals surface area contributed by atoms with E-state index in [1.807, 2.05) is 44.2 Å². The number of para-hydroxylation sites is 1. The molecular formula is C18H22N2O3. The van der Waals surface area contributed by atoms with Gasteiger partial charge in [0, 0.05) is 17.4 Å². The van der Waals surface area contributed by atoms with Gasteiger partial charge in [-0.15, -0.1) is 0 Å². The minimum absolute atomic E-state index is 0.103. The Labute approximate surface area is 136 Å². The van der Waals surface area contributed by atoms with Crippen molar-refractivity contribution in [2.45, 2.75) is 19.9 Å². The first kappa shape index (κ1) is 16.7. The molecule has 2 N–H and O–H groups in total. The van der Waals surface area contributed by atoms with E-state index in [-0.39, 0.29) is 5.91 Å². The summed E-state index contributed by atoms with van der Waals surface area (Å²) in [5, 5.41) is 6.08. The summed E-state index contributed by atoms with van der Waals surface area (Å²) in [6.45, 7) is 3.77. The van der Waals surface area contributed by atoms with Crippen LogP contribution in [0.4, 0.5) is 11.4 Å². The van der Waals surface area contributed by atoms with Gasteiger partial charge >= 0.3 is 0 Å². The Balaban J connectivity index is 2.05. The lowest BCUT2D eigenvalue weighted by atomic mass is 10.2. The monoisotopic (exact) mass is 314 g/mol. The summed E-state index contributed by atoms with van der Waals surface area (Å²) in [4.78, 5) is 12.3. The lowest BCUT2D eigenvalue weighted by molar-refractivity contribution is -0.116. The fraction of sp³-hybridized carbons (Fsp3) is 0.278. The minimum Gasteiger partial charge on any atom is -0.493 e. The Morgan fingerprint density at radius 3 is 2.39 bits per heavy atom. The van der Waals surface area contributed by atoms with E-state index < -0.39 is 6.04 Å². The van der Waals surface area contributed by atoms with Crippen molar-refractivity contribution in [1.82, 2.24) is 0 Å². The molecule has 0 aliphatic heterocycles. The first-order valence-electron chi connectivity index (χ1n) is 7.40. The molecule has 0 spiro atoms. The van der Waals surface area contributed by atoms with E-state index in [1.54, 1.807) is 26.4 Å². The molecule has 5 nitrogen and oxygen atoms in total. The molecule has 0 aliphatic rings. The van der Waals surface area contributed by atoms with Crippen LogP contribution in [-0.4, -0.2) is 26.2 Å². The third-order valence-electron chi connectivity index (χ3n) is 3.56. The summed E-state index contributed by atoms with van der Waals surface area (Å²) >= 11 is 0. The van der Waals surface area contributed by atoms with Gasteiger partial charge in [-0.1, -0.05) is 18.2 Å². The number of carbonyl (C=O) groups excluding carboxylic acids is 1. The molecule has 122 valence electrons. The number of ether oxygens (including phenoxy) is 2. The van der Waals surface area contributed by atoms with Crippen LogP contribution in [-0.2, 0) is 4.79 Å². The molecule has 0 saturated heterocycles. The van der Waals surface area contributed by atoms with Gasteiger partial charge in [0.25, 0.3) is 0 Å². The van der Waals surface area contributed by atoms with E-state index in [0.29, 0.717) is 11.5 Å². The minimum atomic E-state index is -0.396. The molecule has 0 aromatic heterocycles. The number of hydrogen-bond acceptors (Lipinski definition) is 4. The van der Waals surface area contributed by atoms with Crippen molar-refractivity contribution in [3.8, 4) is 11.5 Å². The summed E-state index contributed by atoms with van der Waals surface area (Å²) in [7, 11) is 3.17. The van der Waals surface area contributed by atoms with Gasteiger partial charge in [-0.25, -0.2) is 0 Å². The molecule has 0 heterocycles. The van der Waals surface area contributed by atoms with Crippen LogP contribution in [0.5, 0.6) is 11.5 Å². The summed E-state index contributed by atoms with van der Waals surface area (Å²) in [6.07, 6.45) is 0. The molecule has 5 heteroatoms. The highest BCUT2D eigenvalue weighted by Crippen LogP contribution is 2.30. The van der Waals surface area contributed by atoms with Crippen LogP contribution in [0.1, 0.15) is 12.5 Å². The van der Waals surface area contributed by atoms with Crippen molar-refractivity contribution < 1.29 is 14.3 Å². The van der Waals surface area contributed by atoms with Crippen molar-refractivity contribution in [3.05, 3.63) is 48.0 Å². The van der Waals surface area contributed by atoms with Crippen molar-refractivity contribution in [1.29, 1.82) is 0 Å². The molecule has 0 aliphatic carbocycles. The van der Waals surface area contributed by atoms with Crippen molar-refractivity contribution in [2.75, 3.05) is 24.9 Å². The Morgan fingerprint density at radius 1 is 1.04 bits per heavy atom. The molecular weight excluding hydrogens is 292 g/mol. The van der Waals surface area contributed by atoms with Gasteiger partial charge in [0.2, 0.25) is 5.91 Å². The highest BCUT2D eigenvalue weighted by Gasteiger charge is 2.14. The Morgan fingerprint density at radius 2 is 1.74 bits per heavy atom. The average molecular weight is 314 g/mol. The molecule has 0 fully saturated rings. The fourth-order valence-corrected chi connectivity index (χ4v) is 2.20.